The van der Waals surface area contributed by atoms with Crippen LogP contribution in [-0.2, 0) is 4.74 Å². The molecule has 0 bridgehead atoms. The van der Waals surface area contributed by atoms with Gasteiger partial charge in [0.15, 0.2) is 0 Å². The van der Waals surface area contributed by atoms with Crippen LogP contribution in [0.1, 0.15) is 12.8 Å². The molecule has 0 saturated carbocycles. The summed E-state index contributed by atoms with van der Waals surface area (Å²) in [7, 11) is 4.42. The van der Waals surface area contributed by atoms with Crippen molar-refractivity contribution in [3.8, 4) is 0 Å². The molecule has 1 atom stereocenters. The van der Waals surface area contributed by atoms with Crippen LogP contribution in [0.2, 0.25) is 0 Å². The van der Waals surface area contributed by atoms with Gasteiger partial charge in [0, 0.05) is 26.2 Å². The quantitative estimate of drug-likeness (QED) is 0.763. The fourth-order valence-electron chi connectivity index (χ4n) is 2.90. The summed E-state index contributed by atoms with van der Waals surface area (Å²) in [6.45, 7) is 7.75. The molecule has 0 amide bonds. The van der Waals surface area contributed by atoms with E-state index >= 15 is 0 Å². The van der Waals surface area contributed by atoms with E-state index in [-0.39, 0.29) is 0 Å². The summed E-state index contributed by atoms with van der Waals surface area (Å²) in [5, 5.41) is 3.43. The molecule has 0 aromatic heterocycles. The molecule has 2 aliphatic heterocycles. The normalized spacial score (nSPS) is 28.8. The molecular formula is C13H27N3O. The van der Waals surface area contributed by atoms with E-state index in [1.807, 2.05) is 0 Å². The van der Waals surface area contributed by atoms with Crippen LogP contribution < -0.4 is 5.32 Å². The van der Waals surface area contributed by atoms with Gasteiger partial charge in [0.05, 0.1) is 12.7 Å². The second-order valence-corrected chi connectivity index (χ2v) is 5.67. The molecule has 2 aliphatic rings. The number of nitrogens with zero attached hydrogens (tertiary/aromatic N) is 2. The molecule has 0 radical (unpaired) electrons. The minimum absolute atomic E-state index is 0.403. The maximum absolute atomic E-state index is 5.81. The molecule has 1 unspecified atom stereocenters. The third-order valence-corrected chi connectivity index (χ3v) is 3.89. The van der Waals surface area contributed by atoms with Crippen molar-refractivity contribution in [3.63, 3.8) is 0 Å². The van der Waals surface area contributed by atoms with Crippen LogP contribution >= 0.6 is 0 Å². The first-order valence-corrected chi connectivity index (χ1v) is 6.93. The molecule has 1 N–H and O–H groups in total. The topological polar surface area (TPSA) is 27.7 Å². The largest absolute Gasteiger partial charge is 0.374 e. The zero-order chi connectivity index (χ0) is 12.1. The Balaban J connectivity index is 1.66. The highest BCUT2D eigenvalue weighted by Gasteiger charge is 2.21. The number of rotatable bonds is 4. The van der Waals surface area contributed by atoms with E-state index in [9.17, 15) is 0 Å². The third kappa shape index (κ3) is 4.54. The predicted octanol–water partition coefficient (Wildman–Crippen LogP) is 0.248. The number of morpholine rings is 1. The molecule has 2 heterocycles. The fourth-order valence-corrected chi connectivity index (χ4v) is 2.90. The second-order valence-electron chi connectivity index (χ2n) is 5.67. The molecule has 2 rings (SSSR count). The lowest BCUT2D eigenvalue weighted by Gasteiger charge is -2.34. The van der Waals surface area contributed by atoms with Crippen molar-refractivity contribution in [1.29, 1.82) is 0 Å². The lowest BCUT2D eigenvalue weighted by atomic mass is 9.97. The zero-order valence-electron chi connectivity index (χ0n) is 11.3. The first-order chi connectivity index (χ1) is 8.24. The second kappa shape index (κ2) is 6.69. The van der Waals surface area contributed by atoms with Gasteiger partial charge in [0.2, 0.25) is 0 Å². The van der Waals surface area contributed by atoms with Crippen molar-refractivity contribution in [3.05, 3.63) is 0 Å². The lowest BCUT2D eigenvalue weighted by Crippen LogP contribution is -2.46. The minimum Gasteiger partial charge on any atom is -0.374 e. The molecule has 0 spiro atoms. The van der Waals surface area contributed by atoms with Crippen LogP contribution in [0.5, 0.6) is 0 Å². The molecule has 0 aromatic rings. The number of likely N-dealkylation sites (N-methyl/N-ethyl adjacent to an activating group) is 2. The van der Waals surface area contributed by atoms with Crippen LogP contribution in [0.15, 0.2) is 0 Å². The lowest BCUT2D eigenvalue weighted by molar-refractivity contribution is -0.0342. The Morgan fingerprint density at radius 2 is 2.06 bits per heavy atom. The van der Waals surface area contributed by atoms with Crippen molar-refractivity contribution in [2.24, 2.45) is 5.92 Å². The zero-order valence-corrected chi connectivity index (χ0v) is 11.3. The molecule has 2 fully saturated rings. The van der Waals surface area contributed by atoms with Gasteiger partial charge >= 0.3 is 0 Å². The van der Waals surface area contributed by atoms with Crippen molar-refractivity contribution >= 4 is 0 Å². The fraction of sp³-hybridized carbons (Fsp3) is 1.00. The van der Waals surface area contributed by atoms with E-state index in [0.29, 0.717) is 6.10 Å². The van der Waals surface area contributed by atoms with E-state index in [1.54, 1.807) is 0 Å². The van der Waals surface area contributed by atoms with Gasteiger partial charge in [-0.15, -0.1) is 0 Å². The van der Waals surface area contributed by atoms with E-state index in [1.165, 1.54) is 32.5 Å². The third-order valence-electron chi connectivity index (χ3n) is 3.89. The van der Waals surface area contributed by atoms with Crippen LogP contribution in [-0.4, -0.2) is 75.9 Å². The first kappa shape index (κ1) is 13.3. The molecule has 100 valence electrons. The van der Waals surface area contributed by atoms with Gasteiger partial charge in [-0.05, 0) is 45.9 Å². The highest BCUT2D eigenvalue weighted by atomic mass is 16.5. The Bertz CT molecular complexity index is 219. The van der Waals surface area contributed by atoms with Gasteiger partial charge < -0.3 is 19.9 Å². The van der Waals surface area contributed by atoms with Crippen molar-refractivity contribution in [2.45, 2.75) is 18.9 Å². The van der Waals surface area contributed by atoms with Crippen LogP contribution in [0, 0.1) is 5.92 Å². The monoisotopic (exact) mass is 241 g/mol. The van der Waals surface area contributed by atoms with Gasteiger partial charge in [-0.2, -0.15) is 0 Å². The molecule has 0 aromatic carbocycles. The highest BCUT2D eigenvalue weighted by Crippen LogP contribution is 2.13. The molecular weight excluding hydrogens is 214 g/mol. The summed E-state index contributed by atoms with van der Waals surface area (Å²) in [4.78, 5) is 4.83. The van der Waals surface area contributed by atoms with E-state index in [0.717, 1.165) is 32.2 Å². The highest BCUT2D eigenvalue weighted by molar-refractivity contribution is 4.75. The smallest absolute Gasteiger partial charge is 0.0829 e. The summed E-state index contributed by atoms with van der Waals surface area (Å²) < 4.78 is 5.81. The number of piperidine rings is 1. The Labute approximate surface area is 105 Å². The van der Waals surface area contributed by atoms with Crippen LogP contribution in [0.25, 0.3) is 0 Å². The summed E-state index contributed by atoms with van der Waals surface area (Å²) in [5.41, 5.74) is 0. The summed E-state index contributed by atoms with van der Waals surface area (Å²) in [6, 6.07) is 0. The first-order valence-electron chi connectivity index (χ1n) is 6.93. The summed E-state index contributed by atoms with van der Waals surface area (Å²) >= 11 is 0. The maximum atomic E-state index is 5.81. The average molecular weight is 241 g/mol. The summed E-state index contributed by atoms with van der Waals surface area (Å²) in [5.74, 6) is 0.877. The van der Waals surface area contributed by atoms with Gasteiger partial charge in [0.1, 0.15) is 0 Å². The Hall–Kier alpha value is -0.160. The number of hydrogen-bond donors (Lipinski definition) is 1. The molecule has 4 heteroatoms. The SMILES string of the molecule is CN1CCOC(CN(C)CC2CCNCC2)C1. The van der Waals surface area contributed by atoms with E-state index < -0.39 is 0 Å². The van der Waals surface area contributed by atoms with E-state index in [2.05, 4.69) is 29.2 Å². The number of ether oxygens (including phenoxy) is 1. The van der Waals surface area contributed by atoms with Crippen molar-refractivity contribution in [2.75, 3.05) is 60.0 Å². The van der Waals surface area contributed by atoms with Crippen molar-refractivity contribution < 1.29 is 4.74 Å². The number of hydrogen-bond acceptors (Lipinski definition) is 4. The minimum atomic E-state index is 0.403. The predicted molar refractivity (Wildman–Crippen MR) is 70.3 cm³/mol. The summed E-state index contributed by atoms with van der Waals surface area (Å²) in [6.07, 6.45) is 3.06. The molecule has 17 heavy (non-hydrogen) atoms. The Morgan fingerprint density at radius 3 is 2.76 bits per heavy atom. The number of nitrogens with one attached hydrogen (secondary N) is 1. The van der Waals surface area contributed by atoms with Crippen LogP contribution in [0.3, 0.4) is 0 Å². The van der Waals surface area contributed by atoms with Gasteiger partial charge in [-0.1, -0.05) is 0 Å². The maximum Gasteiger partial charge on any atom is 0.0829 e. The van der Waals surface area contributed by atoms with Crippen LogP contribution in [0.4, 0.5) is 0 Å². The van der Waals surface area contributed by atoms with E-state index in [4.69, 9.17) is 4.74 Å². The van der Waals surface area contributed by atoms with Gasteiger partial charge in [-0.25, -0.2) is 0 Å². The Morgan fingerprint density at radius 1 is 1.29 bits per heavy atom. The average Bonchev–Trinajstić information content (AvgIpc) is 2.30. The van der Waals surface area contributed by atoms with Gasteiger partial charge in [0.25, 0.3) is 0 Å². The standard InChI is InChI=1S/C13H27N3O/c1-15-7-8-17-13(10-15)11-16(2)9-12-3-5-14-6-4-12/h12-14H,3-11H2,1-2H3. The van der Waals surface area contributed by atoms with Crippen molar-refractivity contribution in [1.82, 2.24) is 15.1 Å². The molecule has 2 saturated heterocycles. The molecule has 4 nitrogen and oxygen atoms in total. The van der Waals surface area contributed by atoms with Gasteiger partial charge in [-0.3, -0.25) is 0 Å². The Kier molecular flexibility index (Phi) is 5.22. The molecule has 0 aliphatic carbocycles.